The van der Waals surface area contributed by atoms with Gasteiger partial charge in [0.15, 0.2) is 69.0 Å². The van der Waals surface area contributed by atoms with Crippen LogP contribution >= 0.6 is 23.0 Å². The van der Waals surface area contributed by atoms with Crippen molar-refractivity contribution in [2.24, 2.45) is 13.5 Å². The fourth-order valence-corrected chi connectivity index (χ4v) is 16.2. The maximum absolute atomic E-state index is 7.16. The molecular formula is C48H54N3O18P3. The Morgan fingerprint density at radius 3 is 0.472 bits per heavy atom. The minimum atomic E-state index is -4.74. The number of nitrogens with zero attached hydrogens (tertiary/aromatic N) is 3. The third-order valence-electron chi connectivity index (χ3n) is 10.2. The largest absolute Gasteiger partial charge is 0.493 e. The lowest BCUT2D eigenvalue weighted by atomic mass is 10.3. The van der Waals surface area contributed by atoms with Gasteiger partial charge in [0.2, 0.25) is 34.5 Å². The number of ether oxygens (including phenoxy) is 12. The Kier molecular flexibility index (Phi) is 16.8. The second kappa shape index (κ2) is 23.1. The number of para-hydroxylation sites is 6. The first-order valence-electron chi connectivity index (χ1n) is 21.3. The van der Waals surface area contributed by atoms with E-state index in [1.54, 1.807) is 109 Å². The van der Waals surface area contributed by atoms with Crippen LogP contribution in [0.2, 0.25) is 0 Å². The van der Waals surface area contributed by atoms with E-state index in [-0.39, 0.29) is 103 Å². The molecule has 0 atom stereocenters. The third kappa shape index (κ3) is 10.7. The standard InChI is InChI=1S/C48H54N3O18P3/c1-52-31-19-13-25-37(43(31)58-7)64-70(65-38-26-14-20-32(53-2)44(38)59-8)49-71(66-39-27-15-21-33(54-3)45(39)60-9,67-40-28-16-22-34(55-4)46(40)61-10)51-72(50-70,68-41-29-17-23-35(56-5)47(41)62-11)69-42-30-18-24-36(57-6)48(42)63-12/h13-30H,1-12H3. The summed E-state index contributed by atoms with van der Waals surface area (Å²) >= 11 is 0. The van der Waals surface area contributed by atoms with Crippen LogP contribution in [0.4, 0.5) is 0 Å². The molecule has 21 nitrogen and oxygen atoms in total. The van der Waals surface area contributed by atoms with Crippen LogP contribution in [0, 0.1) is 0 Å². The van der Waals surface area contributed by atoms with Gasteiger partial charge in [-0.2, -0.15) is 0 Å². The topological polar surface area (TPSA) is 203 Å². The van der Waals surface area contributed by atoms with Gasteiger partial charge in [-0.3, -0.25) is 0 Å². The first-order chi connectivity index (χ1) is 35.0. The van der Waals surface area contributed by atoms with E-state index >= 15 is 0 Å². The Morgan fingerprint density at radius 1 is 0.208 bits per heavy atom. The van der Waals surface area contributed by atoms with E-state index < -0.39 is 23.0 Å². The molecule has 6 aromatic rings. The van der Waals surface area contributed by atoms with Crippen LogP contribution in [-0.2, 0) is 0 Å². The monoisotopic (exact) mass is 1050 g/mol. The molecule has 0 aliphatic carbocycles. The molecule has 0 saturated heterocycles. The Balaban J connectivity index is 1.76. The van der Waals surface area contributed by atoms with Gasteiger partial charge in [0, 0.05) is 0 Å². The maximum atomic E-state index is 7.16. The summed E-state index contributed by atoms with van der Waals surface area (Å²) in [7, 11) is 3.25. The molecule has 0 aromatic heterocycles. The molecule has 0 bridgehead atoms. The van der Waals surface area contributed by atoms with Crippen LogP contribution in [0.1, 0.15) is 0 Å². The van der Waals surface area contributed by atoms with Crippen LogP contribution in [0.5, 0.6) is 103 Å². The molecule has 0 spiro atoms. The zero-order valence-electron chi connectivity index (χ0n) is 41.4. The highest BCUT2D eigenvalue weighted by Crippen LogP contribution is 2.80. The molecule has 1 aliphatic heterocycles. The molecule has 72 heavy (non-hydrogen) atoms. The van der Waals surface area contributed by atoms with Crippen molar-refractivity contribution in [2.45, 2.75) is 0 Å². The highest BCUT2D eigenvalue weighted by Gasteiger charge is 2.51. The first kappa shape index (κ1) is 52.2. The van der Waals surface area contributed by atoms with Crippen LogP contribution in [0.15, 0.2) is 123 Å². The Morgan fingerprint density at radius 2 is 0.347 bits per heavy atom. The first-order valence-corrected chi connectivity index (χ1v) is 25.9. The Bertz CT molecular complexity index is 2540. The molecule has 0 amide bonds. The molecule has 6 aromatic carbocycles. The highest BCUT2D eigenvalue weighted by molar-refractivity contribution is 7.79. The number of benzene rings is 6. The zero-order chi connectivity index (χ0) is 51.5. The van der Waals surface area contributed by atoms with Crippen molar-refractivity contribution in [3.8, 4) is 103 Å². The van der Waals surface area contributed by atoms with Gasteiger partial charge in [-0.1, -0.05) is 49.9 Å². The van der Waals surface area contributed by atoms with Crippen molar-refractivity contribution in [2.75, 3.05) is 85.3 Å². The summed E-state index contributed by atoms with van der Waals surface area (Å²) in [6, 6.07) is 29.7. The lowest BCUT2D eigenvalue weighted by Gasteiger charge is -2.34. The number of methoxy groups -OCH3 is 12. The fourth-order valence-electron chi connectivity index (χ4n) is 7.10. The SMILES string of the molecule is COc1cccc(OP2(Oc3cccc(OC)c3OC)=NP(Oc3cccc(OC)c3OC)(Oc3cccc(OC)c3OC)=NP(Oc3cccc(OC)c3OC)(Oc3cccc(OC)c3OC)=N2)c1OC. The van der Waals surface area contributed by atoms with Crippen molar-refractivity contribution >= 4 is 23.0 Å². The molecule has 0 unspecified atom stereocenters. The van der Waals surface area contributed by atoms with E-state index in [4.69, 9.17) is 97.5 Å². The lowest BCUT2D eigenvalue weighted by Crippen LogP contribution is -2.13. The van der Waals surface area contributed by atoms with E-state index in [1.807, 2.05) is 0 Å². The second-order valence-electron chi connectivity index (χ2n) is 14.2. The lowest BCUT2D eigenvalue weighted by molar-refractivity contribution is 0.330. The van der Waals surface area contributed by atoms with Gasteiger partial charge in [0.05, 0.1) is 85.3 Å². The van der Waals surface area contributed by atoms with Crippen molar-refractivity contribution in [3.63, 3.8) is 0 Å². The van der Waals surface area contributed by atoms with Crippen molar-refractivity contribution in [1.29, 1.82) is 0 Å². The molecule has 0 fully saturated rings. The van der Waals surface area contributed by atoms with Gasteiger partial charge in [0.25, 0.3) is 0 Å². The van der Waals surface area contributed by atoms with Crippen molar-refractivity contribution in [3.05, 3.63) is 109 Å². The van der Waals surface area contributed by atoms with Gasteiger partial charge in [0.1, 0.15) is 0 Å². The van der Waals surface area contributed by atoms with E-state index in [1.165, 1.54) is 85.3 Å². The predicted molar refractivity (Wildman–Crippen MR) is 269 cm³/mol. The summed E-state index contributed by atoms with van der Waals surface area (Å²) in [6.45, 7) is 0. The van der Waals surface area contributed by atoms with Gasteiger partial charge < -0.3 is 84.0 Å². The third-order valence-corrected chi connectivity index (χ3v) is 18.2. The number of hydrogen-bond acceptors (Lipinski definition) is 21. The summed E-state index contributed by atoms with van der Waals surface area (Å²) < 4.78 is 129. The Hall–Kier alpha value is -7.59. The van der Waals surface area contributed by atoms with Crippen molar-refractivity contribution in [1.82, 2.24) is 0 Å². The summed E-state index contributed by atoms with van der Waals surface area (Å²) in [5.74, 6) is 2.54. The van der Waals surface area contributed by atoms with E-state index in [2.05, 4.69) is 0 Å². The molecule has 1 heterocycles. The normalized spacial score (nSPS) is 13.7. The minimum Gasteiger partial charge on any atom is -0.493 e. The highest BCUT2D eigenvalue weighted by atomic mass is 31.3. The molecular weight excluding hydrogens is 999 g/mol. The van der Waals surface area contributed by atoms with Crippen LogP contribution < -0.4 is 84.0 Å². The van der Waals surface area contributed by atoms with Crippen LogP contribution in [0.3, 0.4) is 0 Å². The number of hydrogen-bond donors (Lipinski definition) is 0. The zero-order valence-corrected chi connectivity index (χ0v) is 44.1. The summed E-state index contributed by atoms with van der Waals surface area (Å²) in [5, 5.41) is 0. The second-order valence-corrected chi connectivity index (χ2v) is 20.4. The van der Waals surface area contributed by atoms with Gasteiger partial charge in [-0.15, -0.1) is 0 Å². The summed E-state index contributed by atoms with van der Waals surface area (Å²) in [5.41, 5.74) is 0. The molecule has 384 valence electrons. The smallest absolute Gasteiger partial charge is 0.461 e. The molecule has 24 heteroatoms. The summed E-state index contributed by atoms with van der Waals surface area (Å²) in [6.07, 6.45) is 0. The van der Waals surface area contributed by atoms with Crippen molar-refractivity contribution < 1.29 is 84.0 Å². The van der Waals surface area contributed by atoms with Gasteiger partial charge in [-0.25, -0.2) is 0 Å². The Labute approximate surface area is 417 Å². The molecule has 0 radical (unpaired) electrons. The van der Waals surface area contributed by atoms with Gasteiger partial charge >= 0.3 is 23.0 Å². The molecule has 7 rings (SSSR count). The van der Waals surface area contributed by atoms with E-state index in [0.29, 0.717) is 0 Å². The molecule has 0 saturated carbocycles. The molecule has 0 N–H and O–H groups in total. The predicted octanol–water partition coefficient (Wildman–Crippen LogP) is 12.4. The fraction of sp³-hybridized carbons (Fsp3) is 0.250. The van der Waals surface area contributed by atoms with Crippen LogP contribution in [0.25, 0.3) is 0 Å². The average molecular weight is 1050 g/mol. The summed E-state index contributed by atoms with van der Waals surface area (Å²) in [4.78, 5) is 0. The van der Waals surface area contributed by atoms with E-state index in [9.17, 15) is 0 Å². The van der Waals surface area contributed by atoms with Crippen LogP contribution in [-0.4, -0.2) is 85.3 Å². The van der Waals surface area contributed by atoms with E-state index in [0.717, 1.165) is 0 Å². The molecule has 1 aliphatic rings. The minimum absolute atomic E-state index is 0.0217. The average Bonchev–Trinajstić information content (AvgIpc) is 3.39. The maximum Gasteiger partial charge on any atom is 0.461 e. The number of rotatable bonds is 24. The quantitative estimate of drug-likeness (QED) is 0.0517. The van der Waals surface area contributed by atoms with Gasteiger partial charge in [-0.05, 0) is 72.8 Å².